The molecule has 3 aliphatic heterocycles. The molecular formula is C26H47NO20. The molecule has 0 radical (unpaired) electrons. The van der Waals surface area contributed by atoms with Gasteiger partial charge in [-0.1, -0.05) is 0 Å². The van der Waals surface area contributed by atoms with E-state index in [1.54, 1.807) is 0 Å². The Bertz CT molecular complexity index is 965. The van der Waals surface area contributed by atoms with Crippen molar-refractivity contribution < 1.29 is 99.6 Å². The van der Waals surface area contributed by atoms with Gasteiger partial charge in [-0.05, 0) is 6.92 Å². The van der Waals surface area contributed by atoms with Crippen molar-refractivity contribution in [3.8, 4) is 0 Å². The molecule has 1 amide bonds. The minimum atomic E-state index is -2.07. The van der Waals surface area contributed by atoms with Gasteiger partial charge in [-0.3, -0.25) is 4.79 Å². The van der Waals surface area contributed by atoms with Crippen LogP contribution in [0.2, 0.25) is 0 Å². The Morgan fingerprint density at radius 1 is 0.681 bits per heavy atom. The number of amides is 1. The smallest absolute Gasteiger partial charge is 0.217 e. The Morgan fingerprint density at radius 3 is 1.72 bits per heavy atom. The summed E-state index contributed by atoms with van der Waals surface area (Å²) in [6.45, 7) is -1.47. The molecule has 3 rings (SSSR count). The average molecular weight is 694 g/mol. The van der Waals surface area contributed by atoms with Gasteiger partial charge in [0.05, 0.1) is 32.5 Å². The Morgan fingerprint density at radius 2 is 1.19 bits per heavy atom. The molecule has 0 bridgehead atoms. The summed E-state index contributed by atoms with van der Waals surface area (Å²) in [4.78, 5) is 12.4. The van der Waals surface area contributed by atoms with E-state index in [9.17, 15) is 71.2 Å². The van der Waals surface area contributed by atoms with Crippen LogP contribution in [0.3, 0.4) is 0 Å². The van der Waals surface area contributed by atoms with Gasteiger partial charge in [0.15, 0.2) is 18.9 Å². The third-order valence-corrected chi connectivity index (χ3v) is 8.21. The van der Waals surface area contributed by atoms with Gasteiger partial charge >= 0.3 is 0 Å². The summed E-state index contributed by atoms with van der Waals surface area (Å²) in [6.07, 6.45) is -32.0. The molecule has 0 aliphatic carbocycles. The number of hydrogen-bond acceptors (Lipinski definition) is 20. The number of aliphatic hydroxyl groups is 13. The summed E-state index contributed by atoms with van der Waals surface area (Å²) in [5.41, 5.74) is 0. The molecule has 0 aromatic rings. The summed E-state index contributed by atoms with van der Waals surface area (Å²) in [5.74, 6) is -0.793. The number of carbonyl (C=O) groups is 1. The first kappa shape index (κ1) is 40.1. The molecule has 0 aromatic heterocycles. The fourth-order valence-corrected chi connectivity index (χ4v) is 5.48. The molecule has 0 unspecified atom stereocenters. The first-order chi connectivity index (χ1) is 22.1. The lowest BCUT2D eigenvalue weighted by atomic mass is 9.94. The number of hydrogen-bond donors (Lipinski definition) is 14. The van der Waals surface area contributed by atoms with Gasteiger partial charge in [0, 0.05) is 6.92 Å². The Kier molecular flexibility index (Phi) is 15.0. The van der Waals surface area contributed by atoms with Crippen LogP contribution in [0.25, 0.3) is 0 Å². The molecule has 276 valence electrons. The van der Waals surface area contributed by atoms with E-state index in [0.717, 1.165) is 6.92 Å². The van der Waals surface area contributed by atoms with E-state index in [1.807, 2.05) is 0 Å². The second-order valence-electron chi connectivity index (χ2n) is 11.6. The van der Waals surface area contributed by atoms with Crippen molar-refractivity contribution in [1.29, 1.82) is 0 Å². The van der Waals surface area contributed by atoms with Gasteiger partial charge < -0.3 is 100 Å². The van der Waals surface area contributed by atoms with E-state index in [1.165, 1.54) is 6.92 Å². The number of aliphatic hydroxyl groups excluding tert-OH is 13. The van der Waals surface area contributed by atoms with Crippen LogP contribution in [0, 0.1) is 0 Å². The van der Waals surface area contributed by atoms with E-state index in [2.05, 4.69) is 5.32 Å². The third-order valence-electron chi connectivity index (χ3n) is 8.21. The molecule has 3 aliphatic rings. The van der Waals surface area contributed by atoms with Crippen LogP contribution in [0.4, 0.5) is 0 Å². The largest absolute Gasteiger partial charge is 0.394 e. The van der Waals surface area contributed by atoms with Crippen molar-refractivity contribution in [2.24, 2.45) is 0 Å². The van der Waals surface area contributed by atoms with Gasteiger partial charge in [-0.2, -0.15) is 0 Å². The standard InChI is InChI=1S/C26H47NO20/c1-7-14(35)17(38)19(40)25(42-7)47-23-13(27-8(2)32)24(45-21(10(34)4-29)15(36)9(33)3-28)44-12(6-31)22(23)46-26-20(41)18(39)16(37)11(5-30)43-26/h7,9-26,28-31,33-41H,3-6H2,1-2H3,(H,27,32)/t7-,9+,10-,11+,12+,13+,14+,15+,16-,17+,18-,19-,20+,21+,22+,23+,24-,25-,26-/m0/s1. The summed E-state index contributed by atoms with van der Waals surface area (Å²) in [6, 6.07) is -1.66. The number of carbonyl (C=O) groups excluding carboxylic acids is 1. The normalized spacial score (nSPS) is 43.9. The summed E-state index contributed by atoms with van der Waals surface area (Å²) < 4.78 is 34.3. The van der Waals surface area contributed by atoms with Crippen molar-refractivity contribution >= 4 is 5.91 Å². The van der Waals surface area contributed by atoms with E-state index >= 15 is 0 Å². The maximum Gasteiger partial charge on any atom is 0.217 e. The van der Waals surface area contributed by atoms with Crippen LogP contribution >= 0.6 is 0 Å². The number of rotatable bonds is 14. The molecule has 0 aromatic carbocycles. The molecule has 3 fully saturated rings. The highest BCUT2D eigenvalue weighted by atomic mass is 16.8. The van der Waals surface area contributed by atoms with Gasteiger partial charge in [-0.15, -0.1) is 0 Å². The first-order valence-electron chi connectivity index (χ1n) is 14.9. The minimum Gasteiger partial charge on any atom is -0.394 e. The van der Waals surface area contributed by atoms with Crippen LogP contribution in [0.1, 0.15) is 13.8 Å². The van der Waals surface area contributed by atoms with Crippen molar-refractivity contribution in [2.75, 3.05) is 26.4 Å². The highest BCUT2D eigenvalue weighted by Gasteiger charge is 2.55. The monoisotopic (exact) mass is 693 g/mol. The second-order valence-corrected chi connectivity index (χ2v) is 11.6. The molecule has 21 heteroatoms. The summed E-state index contributed by atoms with van der Waals surface area (Å²) in [5, 5.41) is 135. The highest BCUT2D eigenvalue weighted by molar-refractivity contribution is 5.73. The van der Waals surface area contributed by atoms with Crippen LogP contribution in [0.15, 0.2) is 0 Å². The highest BCUT2D eigenvalue weighted by Crippen LogP contribution is 2.34. The van der Waals surface area contributed by atoms with E-state index in [0.29, 0.717) is 0 Å². The van der Waals surface area contributed by atoms with Crippen molar-refractivity contribution in [2.45, 2.75) is 130 Å². The third kappa shape index (κ3) is 9.09. The number of nitrogens with one attached hydrogen (secondary N) is 1. The maximum atomic E-state index is 12.4. The molecule has 0 saturated carbocycles. The van der Waals surface area contributed by atoms with Crippen molar-refractivity contribution in [3.05, 3.63) is 0 Å². The van der Waals surface area contributed by atoms with Gasteiger partial charge in [0.1, 0.15) is 91.5 Å². The maximum absolute atomic E-state index is 12.4. The van der Waals surface area contributed by atoms with Gasteiger partial charge in [0.25, 0.3) is 0 Å². The lowest BCUT2D eigenvalue weighted by Gasteiger charge is -2.50. The fraction of sp³-hybridized carbons (Fsp3) is 0.962. The van der Waals surface area contributed by atoms with Crippen LogP contribution in [-0.4, -0.2) is 215 Å². The summed E-state index contributed by atoms with van der Waals surface area (Å²) >= 11 is 0. The van der Waals surface area contributed by atoms with E-state index in [4.69, 9.17) is 28.4 Å². The van der Waals surface area contributed by atoms with Crippen LogP contribution in [-0.2, 0) is 33.2 Å². The quantitative estimate of drug-likeness (QED) is 0.0803. The zero-order valence-corrected chi connectivity index (χ0v) is 25.5. The minimum absolute atomic E-state index is 0.793. The zero-order valence-electron chi connectivity index (χ0n) is 25.5. The lowest BCUT2D eigenvalue weighted by Crippen LogP contribution is -2.70. The first-order valence-corrected chi connectivity index (χ1v) is 14.9. The van der Waals surface area contributed by atoms with Gasteiger partial charge in [-0.25, -0.2) is 0 Å². The topological polar surface area (TPSA) is 347 Å². The molecule has 0 spiro atoms. The Labute approximate surface area is 268 Å². The molecule has 14 N–H and O–H groups in total. The average Bonchev–Trinajstić information content (AvgIpc) is 3.05. The molecule has 3 heterocycles. The second kappa shape index (κ2) is 17.6. The number of ether oxygens (including phenoxy) is 6. The predicted molar refractivity (Wildman–Crippen MR) is 146 cm³/mol. The summed E-state index contributed by atoms with van der Waals surface area (Å²) in [7, 11) is 0. The molecule has 3 saturated heterocycles. The Balaban J connectivity index is 2.08. The SMILES string of the molecule is CC(=O)N[C@H]1[C@H](O[C@@H]([C@H](O)[C@H](O)CO)[C@@H](O)CO)O[C@H](CO)[C@@H](O[C@@H]2O[C@H](CO)[C@H](O)[C@H](O)[C@H]2O)[C@@H]1O[C@@H]1O[C@@H](C)[C@@H](O)[C@@H](O)[C@@H]1O. The lowest BCUT2D eigenvalue weighted by molar-refractivity contribution is -0.378. The van der Waals surface area contributed by atoms with E-state index in [-0.39, 0.29) is 0 Å². The zero-order chi connectivity index (χ0) is 35.3. The van der Waals surface area contributed by atoms with Gasteiger partial charge in [0.2, 0.25) is 5.91 Å². The van der Waals surface area contributed by atoms with E-state index < -0.39 is 149 Å². The van der Waals surface area contributed by atoms with Crippen molar-refractivity contribution in [1.82, 2.24) is 5.32 Å². The fourth-order valence-electron chi connectivity index (χ4n) is 5.48. The molecule has 21 nitrogen and oxygen atoms in total. The Hall–Kier alpha value is -1.29. The van der Waals surface area contributed by atoms with Crippen molar-refractivity contribution in [3.63, 3.8) is 0 Å². The molecule has 47 heavy (non-hydrogen) atoms. The van der Waals surface area contributed by atoms with Crippen LogP contribution in [0.5, 0.6) is 0 Å². The molecular weight excluding hydrogens is 646 g/mol. The molecule has 19 atom stereocenters. The predicted octanol–water partition coefficient (Wildman–Crippen LogP) is -8.94. The van der Waals surface area contributed by atoms with Crippen LogP contribution < -0.4 is 5.32 Å².